The summed E-state index contributed by atoms with van der Waals surface area (Å²) in [5.74, 6) is 0. The molecule has 3 nitrogen and oxygen atoms in total. The van der Waals surface area contributed by atoms with Crippen molar-refractivity contribution in [1.29, 1.82) is 0 Å². The summed E-state index contributed by atoms with van der Waals surface area (Å²) in [6.07, 6.45) is 0. The van der Waals surface area contributed by atoms with Crippen LogP contribution < -0.4 is 0 Å². The molecular formula is C41H25N3S. The Morgan fingerprint density at radius 3 is 2.02 bits per heavy atom. The van der Waals surface area contributed by atoms with Crippen LogP contribution in [0.1, 0.15) is 0 Å². The largest absolute Gasteiger partial charge is 0.309 e. The Morgan fingerprint density at radius 1 is 0.444 bits per heavy atom. The highest BCUT2D eigenvalue weighted by Gasteiger charge is 2.21. The Bertz CT molecular complexity index is 2750. The van der Waals surface area contributed by atoms with Crippen molar-refractivity contribution in [3.63, 3.8) is 0 Å². The van der Waals surface area contributed by atoms with E-state index in [4.69, 9.17) is 4.98 Å². The van der Waals surface area contributed by atoms with Crippen LogP contribution in [0.3, 0.4) is 0 Å². The van der Waals surface area contributed by atoms with E-state index < -0.39 is 0 Å². The van der Waals surface area contributed by atoms with Gasteiger partial charge in [-0.05, 0) is 66.7 Å². The van der Waals surface area contributed by atoms with Gasteiger partial charge in [0.05, 0.1) is 33.3 Å². The van der Waals surface area contributed by atoms with Crippen molar-refractivity contribution in [3.8, 4) is 22.6 Å². The van der Waals surface area contributed by atoms with E-state index in [1.165, 1.54) is 52.9 Å². The number of fused-ring (bicyclic) bond motifs is 10. The van der Waals surface area contributed by atoms with Crippen LogP contribution in [0.15, 0.2) is 152 Å². The van der Waals surface area contributed by atoms with Crippen molar-refractivity contribution in [2.24, 2.45) is 0 Å². The maximum Gasteiger partial charge on any atom is 0.0971 e. The lowest BCUT2D eigenvalue weighted by atomic mass is 10.1. The SMILES string of the molecule is c1ccc(-c2ccc3c(n2)c2ccc4sc5ccccc5c4c2n3-c2ccc3c(c2)c2ccccc2n3-c2ccccc2)cc1. The van der Waals surface area contributed by atoms with Gasteiger partial charge in [0.25, 0.3) is 0 Å². The molecule has 0 saturated carbocycles. The Kier molecular flexibility index (Phi) is 5.16. The van der Waals surface area contributed by atoms with Gasteiger partial charge in [-0.25, -0.2) is 4.98 Å². The van der Waals surface area contributed by atoms with Crippen molar-refractivity contribution in [3.05, 3.63) is 152 Å². The molecule has 6 aromatic carbocycles. The summed E-state index contributed by atoms with van der Waals surface area (Å²) in [6.45, 7) is 0. The summed E-state index contributed by atoms with van der Waals surface area (Å²) in [5.41, 5.74) is 10.2. The maximum atomic E-state index is 5.33. The van der Waals surface area contributed by atoms with Gasteiger partial charge in [-0.1, -0.05) is 84.9 Å². The molecule has 4 aromatic heterocycles. The van der Waals surface area contributed by atoms with Gasteiger partial charge in [0, 0.05) is 53.3 Å². The van der Waals surface area contributed by atoms with Crippen molar-refractivity contribution in [1.82, 2.24) is 14.1 Å². The molecule has 0 aliphatic heterocycles. The molecule has 0 amide bonds. The summed E-state index contributed by atoms with van der Waals surface area (Å²) < 4.78 is 7.41. The minimum absolute atomic E-state index is 0.985. The Hall–Kier alpha value is -5.71. The van der Waals surface area contributed by atoms with Gasteiger partial charge in [-0.2, -0.15) is 0 Å². The van der Waals surface area contributed by atoms with Gasteiger partial charge in [0.1, 0.15) is 0 Å². The molecule has 4 heterocycles. The van der Waals surface area contributed by atoms with E-state index >= 15 is 0 Å². The van der Waals surface area contributed by atoms with E-state index in [1.807, 2.05) is 11.3 Å². The molecule has 4 heteroatoms. The third kappa shape index (κ3) is 3.54. The molecule has 0 radical (unpaired) electrons. The number of rotatable bonds is 3. The number of aromatic nitrogens is 3. The zero-order valence-electron chi connectivity index (χ0n) is 24.2. The Morgan fingerprint density at radius 2 is 1.16 bits per heavy atom. The third-order valence-corrected chi connectivity index (χ3v) is 10.2. The van der Waals surface area contributed by atoms with Crippen molar-refractivity contribution < 1.29 is 0 Å². The van der Waals surface area contributed by atoms with E-state index in [9.17, 15) is 0 Å². The molecular weight excluding hydrogens is 567 g/mol. The van der Waals surface area contributed by atoms with Crippen LogP contribution in [-0.2, 0) is 0 Å². The fraction of sp³-hybridized carbons (Fsp3) is 0. The Labute approximate surface area is 262 Å². The zero-order valence-corrected chi connectivity index (χ0v) is 25.0. The fourth-order valence-electron chi connectivity index (χ4n) is 7.17. The second-order valence-electron chi connectivity index (χ2n) is 11.6. The first-order chi connectivity index (χ1) is 22.3. The molecule has 45 heavy (non-hydrogen) atoms. The molecule has 0 spiro atoms. The average Bonchev–Trinajstić information content (AvgIpc) is 3.76. The number of thiophene rings is 1. The minimum atomic E-state index is 0.985. The van der Waals surface area contributed by atoms with Gasteiger partial charge >= 0.3 is 0 Å². The molecule has 0 unspecified atom stereocenters. The standard InChI is InChI=1S/C41H25N3S/c1-3-11-26(12-4-1)33-21-23-36-40(42-33)31-20-24-38-39(30-16-8-10-18-37(30)45-38)41(31)44(36)28-19-22-35-32(25-28)29-15-7-9-17-34(29)43(35)27-13-5-2-6-14-27/h1-25H. The molecule has 10 rings (SSSR count). The topological polar surface area (TPSA) is 22.8 Å². The van der Waals surface area contributed by atoms with Crippen LogP contribution in [0.25, 0.3) is 86.5 Å². The third-order valence-electron chi connectivity index (χ3n) is 9.11. The lowest BCUT2D eigenvalue weighted by Crippen LogP contribution is -1.96. The number of para-hydroxylation sites is 2. The van der Waals surface area contributed by atoms with Crippen LogP contribution in [0.4, 0.5) is 0 Å². The van der Waals surface area contributed by atoms with E-state index in [2.05, 4.69) is 161 Å². The van der Waals surface area contributed by atoms with Gasteiger partial charge in [-0.15, -0.1) is 11.3 Å². The maximum absolute atomic E-state index is 5.33. The number of pyridine rings is 1. The highest BCUT2D eigenvalue weighted by molar-refractivity contribution is 7.26. The first-order valence-electron chi connectivity index (χ1n) is 15.2. The summed E-state index contributed by atoms with van der Waals surface area (Å²) in [5, 5.41) is 6.23. The first kappa shape index (κ1) is 24.7. The molecule has 210 valence electrons. The second-order valence-corrected chi connectivity index (χ2v) is 12.7. The van der Waals surface area contributed by atoms with Crippen LogP contribution in [-0.4, -0.2) is 14.1 Å². The summed E-state index contributed by atoms with van der Waals surface area (Å²) >= 11 is 1.86. The quantitative estimate of drug-likeness (QED) is 0.200. The highest BCUT2D eigenvalue weighted by atomic mass is 32.1. The number of hydrogen-bond acceptors (Lipinski definition) is 2. The normalized spacial score (nSPS) is 12.0. The average molecular weight is 592 g/mol. The van der Waals surface area contributed by atoms with Gasteiger partial charge in [-0.3, -0.25) is 0 Å². The molecule has 0 atom stereocenters. The molecule has 0 aliphatic carbocycles. The monoisotopic (exact) mass is 591 g/mol. The molecule has 0 bridgehead atoms. The lowest BCUT2D eigenvalue weighted by molar-refractivity contribution is 1.17. The molecule has 0 saturated heterocycles. The van der Waals surface area contributed by atoms with Crippen molar-refractivity contribution in [2.45, 2.75) is 0 Å². The number of benzene rings is 6. The molecule has 0 N–H and O–H groups in total. The summed E-state index contributed by atoms with van der Waals surface area (Å²) in [4.78, 5) is 5.33. The van der Waals surface area contributed by atoms with E-state index in [-0.39, 0.29) is 0 Å². The fourth-order valence-corrected chi connectivity index (χ4v) is 8.27. The van der Waals surface area contributed by atoms with Crippen LogP contribution in [0.5, 0.6) is 0 Å². The van der Waals surface area contributed by atoms with Crippen molar-refractivity contribution in [2.75, 3.05) is 0 Å². The molecule has 0 aliphatic rings. The Balaban J connectivity index is 1.34. The van der Waals surface area contributed by atoms with Crippen LogP contribution >= 0.6 is 11.3 Å². The van der Waals surface area contributed by atoms with E-state index in [1.54, 1.807) is 0 Å². The van der Waals surface area contributed by atoms with Gasteiger partial charge < -0.3 is 9.13 Å². The zero-order chi connectivity index (χ0) is 29.5. The highest BCUT2D eigenvalue weighted by Crippen LogP contribution is 2.43. The predicted molar refractivity (Wildman–Crippen MR) is 191 cm³/mol. The smallest absolute Gasteiger partial charge is 0.0971 e. The lowest BCUT2D eigenvalue weighted by Gasteiger charge is -2.11. The van der Waals surface area contributed by atoms with Crippen molar-refractivity contribution >= 4 is 75.3 Å². The molecule has 10 aromatic rings. The number of hydrogen-bond donors (Lipinski definition) is 0. The second kappa shape index (κ2) is 9.39. The number of nitrogens with zero attached hydrogens (tertiary/aromatic N) is 3. The van der Waals surface area contributed by atoms with E-state index in [0.29, 0.717) is 0 Å². The summed E-state index contributed by atoms with van der Waals surface area (Å²) in [7, 11) is 0. The molecule has 0 fully saturated rings. The first-order valence-corrected chi connectivity index (χ1v) is 16.0. The van der Waals surface area contributed by atoms with Crippen LogP contribution in [0, 0.1) is 0 Å². The minimum Gasteiger partial charge on any atom is -0.309 e. The summed E-state index contributed by atoms with van der Waals surface area (Å²) in [6, 6.07) is 54.5. The van der Waals surface area contributed by atoms with E-state index in [0.717, 1.165) is 33.7 Å². The van der Waals surface area contributed by atoms with Crippen LogP contribution in [0.2, 0.25) is 0 Å². The predicted octanol–water partition coefficient (Wildman–Crippen LogP) is 11.3. The van der Waals surface area contributed by atoms with Gasteiger partial charge in [0.15, 0.2) is 0 Å². The van der Waals surface area contributed by atoms with Gasteiger partial charge in [0.2, 0.25) is 0 Å².